The van der Waals surface area contributed by atoms with Crippen LogP contribution in [0.2, 0.25) is 0 Å². The fourth-order valence-corrected chi connectivity index (χ4v) is 3.50. The molecule has 0 atom stereocenters. The van der Waals surface area contributed by atoms with Crippen LogP contribution in [-0.2, 0) is 9.53 Å². The summed E-state index contributed by atoms with van der Waals surface area (Å²) in [5.41, 5.74) is 3.00. The highest BCUT2D eigenvalue weighted by Gasteiger charge is 2.29. The number of hydrogen-bond acceptors (Lipinski definition) is 5. The van der Waals surface area contributed by atoms with Gasteiger partial charge in [0.1, 0.15) is 5.69 Å². The topological polar surface area (TPSA) is 91.5 Å². The molecule has 0 bridgehead atoms. The fraction of sp³-hybridized carbons (Fsp3) is 0.458. The molecule has 0 fully saturated rings. The molecule has 0 radical (unpaired) electrons. The predicted molar refractivity (Wildman–Crippen MR) is 121 cm³/mol. The van der Waals surface area contributed by atoms with E-state index in [0.717, 1.165) is 31.6 Å². The number of aromatic amines is 1. The summed E-state index contributed by atoms with van der Waals surface area (Å²) in [7, 11) is 0. The van der Waals surface area contributed by atoms with Crippen LogP contribution in [0.5, 0.6) is 0 Å². The Morgan fingerprint density at radius 3 is 2.26 bits per heavy atom. The Kier molecular flexibility index (Phi) is 9.00. The monoisotopic (exact) mass is 427 g/mol. The third-order valence-corrected chi connectivity index (χ3v) is 5.27. The third kappa shape index (κ3) is 6.04. The number of aromatic nitrogens is 1. The van der Waals surface area contributed by atoms with Crippen molar-refractivity contribution in [2.45, 2.75) is 41.0 Å². The Labute approximate surface area is 184 Å². The molecule has 168 valence electrons. The number of rotatable bonds is 11. The second-order valence-corrected chi connectivity index (χ2v) is 7.43. The van der Waals surface area contributed by atoms with Crippen LogP contribution >= 0.6 is 0 Å². The van der Waals surface area contributed by atoms with Gasteiger partial charge in [-0.05, 0) is 52.4 Å². The molecular formula is C24H33N3O4. The molecule has 31 heavy (non-hydrogen) atoms. The Bertz CT molecular complexity index is 912. The highest BCUT2D eigenvalue weighted by molar-refractivity contribution is 6.43. The van der Waals surface area contributed by atoms with E-state index in [1.54, 1.807) is 13.8 Å². The first kappa shape index (κ1) is 24.3. The Hall–Kier alpha value is -2.93. The van der Waals surface area contributed by atoms with E-state index in [-0.39, 0.29) is 17.9 Å². The summed E-state index contributed by atoms with van der Waals surface area (Å²) < 4.78 is 5.20. The molecule has 0 aliphatic heterocycles. The van der Waals surface area contributed by atoms with Crippen molar-refractivity contribution in [2.24, 2.45) is 0 Å². The fourth-order valence-electron chi connectivity index (χ4n) is 3.50. The number of carbonyl (C=O) groups excluding carboxylic acids is 3. The molecule has 0 spiro atoms. The largest absolute Gasteiger partial charge is 0.462 e. The first-order chi connectivity index (χ1) is 14.8. The molecule has 0 aliphatic rings. The van der Waals surface area contributed by atoms with Crippen LogP contribution in [0.3, 0.4) is 0 Å². The molecule has 0 aliphatic carbocycles. The normalized spacial score (nSPS) is 10.9. The summed E-state index contributed by atoms with van der Waals surface area (Å²) in [6.07, 6.45) is 0.753. The van der Waals surface area contributed by atoms with E-state index < -0.39 is 17.7 Å². The number of ketones is 1. The molecule has 1 aromatic carbocycles. The SMILES string of the molecule is CCOC(=O)c1c(C)[nH]c(C(=O)C(=O)NCCCN(CC)CC)c1-c1ccc(C)cc1. The van der Waals surface area contributed by atoms with Crippen LogP contribution in [0, 0.1) is 13.8 Å². The van der Waals surface area contributed by atoms with E-state index in [0.29, 0.717) is 23.4 Å². The van der Waals surface area contributed by atoms with E-state index in [4.69, 9.17) is 4.74 Å². The van der Waals surface area contributed by atoms with Gasteiger partial charge in [-0.3, -0.25) is 9.59 Å². The van der Waals surface area contributed by atoms with Crippen molar-refractivity contribution in [1.82, 2.24) is 15.2 Å². The van der Waals surface area contributed by atoms with Crippen molar-refractivity contribution in [1.29, 1.82) is 0 Å². The van der Waals surface area contributed by atoms with Crippen molar-refractivity contribution in [3.8, 4) is 11.1 Å². The van der Waals surface area contributed by atoms with Gasteiger partial charge >= 0.3 is 5.97 Å². The average Bonchev–Trinajstić information content (AvgIpc) is 3.11. The molecule has 7 nitrogen and oxygen atoms in total. The zero-order valence-corrected chi connectivity index (χ0v) is 19.1. The maximum Gasteiger partial charge on any atom is 0.340 e. The molecule has 1 aromatic heterocycles. The minimum Gasteiger partial charge on any atom is -0.462 e. The predicted octanol–water partition coefficient (Wildman–Crippen LogP) is 3.51. The van der Waals surface area contributed by atoms with Gasteiger partial charge in [0.25, 0.3) is 11.7 Å². The van der Waals surface area contributed by atoms with Crippen molar-refractivity contribution >= 4 is 17.7 Å². The van der Waals surface area contributed by atoms with Gasteiger partial charge in [-0.15, -0.1) is 0 Å². The van der Waals surface area contributed by atoms with Gasteiger partial charge in [0, 0.05) is 17.8 Å². The molecule has 1 heterocycles. The molecule has 0 saturated carbocycles. The lowest BCUT2D eigenvalue weighted by Crippen LogP contribution is -2.34. The minimum absolute atomic E-state index is 0.102. The second-order valence-electron chi connectivity index (χ2n) is 7.43. The lowest BCUT2D eigenvalue weighted by Gasteiger charge is -2.17. The summed E-state index contributed by atoms with van der Waals surface area (Å²) in [6, 6.07) is 7.46. The number of benzene rings is 1. The molecule has 1 amide bonds. The molecule has 2 N–H and O–H groups in total. The lowest BCUT2D eigenvalue weighted by atomic mass is 9.97. The van der Waals surface area contributed by atoms with Crippen LogP contribution in [0.25, 0.3) is 11.1 Å². The summed E-state index contributed by atoms with van der Waals surface area (Å²) >= 11 is 0. The number of H-pyrrole nitrogens is 1. The van der Waals surface area contributed by atoms with Gasteiger partial charge < -0.3 is 19.9 Å². The van der Waals surface area contributed by atoms with E-state index in [1.807, 2.05) is 31.2 Å². The van der Waals surface area contributed by atoms with E-state index in [1.165, 1.54) is 0 Å². The molecular weight excluding hydrogens is 394 g/mol. The van der Waals surface area contributed by atoms with E-state index in [9.17, 15) is 14.4 Å². The second kappa shape index (κ2) is 11.5. The average molecular weight is 428 g/mol. The van der Waals surface area contributed by atoms with Crippen LogP contribution in [0.15, 0.2) is 24.3 Å². The van der Waals surface area contributed by atoms with Gasteiger partial charge in [-0.25, -0.2) is 4.79 Å². The summed E-state index contributed by atoms with van der Waals surface area (Å²) in [5, 5.41) is 2.70. The van der Waals surface area contributed by atoms with Crippen LogP contribution in [0.1, 0.15) is 59.3 Å². The Balaban J connectivity index is 2.29. The number of amides is 1. The van der Waals surface area contributed by atoms with Crippen molar-refractivity contribution < 1.29 is 19.1 Å². The van der Waals surface area contributed by atoms with E-state index in [2.05, 4.69) is 29.0 Å². The first-order valence-corrected chi connectivity index (χ1v) is 10.9. The Morgan fingerprint density at radius 2 is 1.68 bits per heavy atom. The zero-order valence-electron chi connectivity index (χ0n) is 19.1. The van der Waals surface area contributed by atoms with Crippen molar-refractivity contribution in [2.75, 3.05) is 32.8 Å². The number of ether oxygens (including phenoxy) is 1. The quantitative estimate of drug-likeness (QED) is 0.248. The van der Waals surface area contributed by atoms with Crippen LogP contribution in [-0.4, -0.2) is 60.3 Å². The number of esters is 1. The van der Waals surface area contributed by atoms with Gasteiger partial charge in [0.2, 0.25) is 0 Å². The minimum atomic E-state index is -0.697. The number of nitrogens with zero attached hydrogens (tertiary/aromatic N) is 1. The molecule has 2 rings (SSSR count). The lowest BCUT2D eigenvalue weighted by molar-refractivity contribution is -0.117. The number of carbonyl (C=O) groups is 3. The summed E-state index contributed by atoms with van der Waals surface area (Å²) in [4.78, 5) is 43.4. The number of nitrogens with one attached hydrogen (secondary N) is 2. The van der Waals surface area contributed by atoms with Crippen LogP contribution < -0.4 is 5.32 Å². The van der Waals surface area contributed by atoms with Gasteiger partial charge in [-0.2, -0.15) is 0 Å². The molecule has 7 heteroatoms. The zero-order chi connectivity index (χ0) is 23.0. The smallest absolute Gasteiger partial charge is 0.340 e. The third-order valence-electron chi connectivity index (χ3n) is 5.27. The standard InChI is InChI=1S/C24H33N3O4/c1-6-27(7-2)15-9-14-25-23(29)22(28)21-20(18-12-10-16(4)11-13-18)19(17(5)26-21)24(30)31-8-3/h10-13,26H,6-9,14-15H2,1-5H3,(H,25,29). The summed E-state index contributed by atoms with van der Waals surface area (Å²) in [5.74, 6) is -1.91. The number of hydrogen-bond donors (Lipinski definition) is 2. The summed E-state index contributed by atoms with van der Waals surface area (Å²) in [6.45, 7) is 12.9. The van der Waals surface area contributed by atoms with Crippen LogP contribution in [0.4, 0.5) is 0 Å². The highest BCUT2D eigenvalue weighted by Crippen LogP contribution is 2.31. The first-order valence-electron chi connectivity index (χ1n) is 10.9. The molecule has 2 aromatic rings. The maximum absolute atomic E-state index is 13.0. The highest BCUT2D eigenvalue weighted by atomic mass is 16.5. The van der Waals surface area contributed by atoms with Gasteiger partial charge in [0.15, 0.2) is 0 Å². The Morgan fingerprint density at radius 1 is 1.03 bits per heavy atom. The van der Waals surface area contributed by atoms with E-state index >= 15 is 0 Å². The maximum atomic E-state index is 13.0. The number of Topliss-reactive ketones (excluding diaryl/α,β-unsaturated/α-hetero) is 1. The molecule has 0 unspecified atom stereocenters. The van der Waals surface area contributed by atoms with Gasteiger partial charge in [0.05, 0.1) is 12.2 Å². The van der Waals surface area contributed by atoms with Crippen molar-refractivity contribution in [3.63, 3.8) is 0 Å². The molecule has 0 saturated heterocycles. The van der Waals surface area contributed by atoms with Gasteiger partial charge in [-0.1, -0.05) is 43.7 Å². The van der Waals surface area contributed by atoms with Crippen molar-refractivity contribution in [3.05, 3.63) is 46.8 Å². The number of aryl methyl sites for hydroxylation is 2.